The molecule has 0 bridgehead atoms. The highest BCUT2D eigenvalue weighted by Gasteiger charge is 2.48. The van der Waals surface area contributed by atoms with Gasteiger partial charge in [0.2, 0.25) is 17.7 Å². The Bertz CT molecular complexity index is 1080. The van der Waals surface area contributed by atoms with E-state index in [9.17, 15) is 34.5 Å². The molecule has 1 aliphatic rings. The molecule has 0 aliphatic carbocycles. The Labute approximate surface area is 352 Å². The van der Waals surface area contributed by atoms with Gasteiger partial charge in [-0.2, -0.15) is 0 Å². The average Bonchev–Trinajstić information content (AvgIpc) is 3.19. The van der Waals surface area contributed by atoms with Crippen molar-refractivity contribution >= 4 is 23.7 Å². The van der Waals surface area contributed by atoms with Gasteiger partial charge < -0.3 is 40.7 Å². The van der Waals surface area contributed by atoms with E-state index >= 15 is 0 Å². The number of aliphatic carboxylic acids is 1. The van der Waals surface area contributed by atoms with Gasteiger partial charge >= 0.3 is 5.97 Å². The molecule has 1 rings (SSSR count). The Balaban J connectivity index is 2.94. The van der Waals surface area contributed by atoms with Crippen molar-refractivity contribution in [1.29, 1.82) is 0 Å². The number of unbranched alkanes of at least 4 members (excludes halogenated alkanes) is 23. The number of rotatable bonds is 37. The van der Waals surface area contributed by atoms with E-state index in [4.69, 9.17) is 9.84 Å². The molecule has 1 fully saturated rings. The van der Waals surface area contributed by atoms with Crippen molar-refractivity contribution in [3.63, 3.8) is 0 Å². The zero-order valence-electron chi connectivity index (χ0n) is 37.2. The van der Waals surface area contributed by atoms with Gasteiger partial charge in [-0.05, 0) is 25.2 Å². The number of carboxylic acid groups (broad SMARTS) is 1. The standard InChI is InChI=1S/C46H87N3O9/c1-5-7-9-11-13-15-17-18-19-20-21-22-24-26-28-30-40(52)49(33-29-27-25-23-16-14-12-10-8-6-2)46-42(44(56)43(55)38(35-50)58-46)48-45(57)37(34-36(3)4)47-39(51)31-32-41(53)54/h36-38,42-44,46,50,55-56H,5-35H2,1-4H3,(H,47,51)(H,48,57)(H,53,54)/t37-,38+,42-,43+,44+,46+/m0/s1. The molecule has 12 nitrogen and oxygen atoms in total. The largest absolute Gasteiger partial charge is 0.481 e. The van der Waals surface area contributed by atoms with Gasteiger partial charge in [-0.1, -0.05) is 175 Å². The second-order valence-electron chi connectivity index (χ2n) is 17.4. The van der Waals surface area contributed by atoms with Crippen LogP contribution in [0, 0.1) is 5.92 Å². The maximum atomic E-state index is 14.1. The number of aliphatic hydroxyl groups is 3. The molecule has 340 valence electrons. The van der Waals surface area contributed by atoms with Crippen LogP contribution in [0.4, 0.5) is 0 Å². The number of ether oxygens (including phenoxy) is 1. The van der Waals surface area contributed by atoms with Crippen LogP contribution in [0.1, 0.15) is 214 Å². The van der Waals surface area contributed by atoms with E-state index in [1.54, 1.807) is 4.90 Å². The molecular weight excluding hydrogens is 739 g/mol. The zero-order chi connectivity index (χ0) is 43.0. The molecule has 0 spiro atoms. The van der Waals surface area contributed by atoms with Gasteiger partial charge in [-0.3, -0.25) is 19.2 Å². The van der Waals surface area contributed by atoms with Crippen molar-refractivity contribution in [2.24, 2.45) is 5.92 Å². The molecule has 3 amide bonds. The molecule has 0 aromatic carbocycles. The molecule has 0 radical (unpaired) electrons. The van der Waals surface area contributed by atoms with E-state index in [1.807, 2.05) is 13.8 Å². The van der Waals surface area contributed by atoms with Gasteiger partial charge in [0.15, 0.2) is 6.23 Å². The topological polar surface area (TPSA) is 186 Å². The minimum atomic E-state index is -1.57. The molecule has 6 N–H and O–H groups in total. The number of carbonyl (C=O) groups is 4. The summed E-state index contributed by atoms with van der Waals surface area (Å²) in [7, 11) is 0. The lowest BCUT2D eigenvalue weighted by molar-refractivity contribution is -0.231. The van der Waals surface area contributed by atoms with Crippen molar-refractivity contribution in [2.75, 3.05) is 13.2 Å². The fourth-order valence-corrected chi connectivity index (χ4v) is 7.93. The molecule has 1 aliphatic heterocycles. The number of aliphatic hydroxyl groups excluding tert-OH is 3. The van der Waals surface area contributed by atoms with E-state index in [0.717, 1.165) is 38.5 Å². The van der Waals surface area contributed by atoms with Crippen LogP contribution in [0.2, 0.25) is 0 Å². The fourth-order valence-electron chi connectivity index (χ4n) is 7.93. The van der Waals surface area contributed by atoms with Crippen LogP contribution in [0.25, 0.3) is 0 Å². The maximum Gasteiger partial charge on any atom is 0.303 e. The van der Waals surface area contributed by atoms with Gasteiger partial charge in [0.05, 0.1) is 13.0 Å². The molecule has 1 saturated heterocycles. The van der Waals surface area contributed by atoms with Gasteiger partial charge in [-0.25, -0.2) is 0 Å². The fraction of sp³-hybridized carbons (Fsp3) is 0.913. The van der Waals surface area contributed by atoms with Crippen LogP contribution < -0.4 is 10.6 Å². The van der Waals surface area contributed by atoms with E-state index in [2.05, 4.69) is 24.5 Å². The average molecular weight is 826 g/mol. The Kier molecular flexibility index (Phi) is 31.9. The highest BCUT2D eigenvalue weighted by atomic mass is 16.5. The number of carbonyl (C=O) groups excluding carboxylic acids is 3. The molecule has 0 aromatic rings. The summed E-state index contributed by atoms with van der Waals surface area (Å²) in [5, 5.41) is 46.9. The van der Waals surface area contributed by atoms with E-state index < -0.39 is 61.0 Å². The number of amides is 3. The molecule has 0 unspecified atom stereocenters. The summed E-state index contributed by atoms with van der Waals surface area (Å²) in [5.41, 5.74) is 0. The molecule has 58 heavy (non-hydrogen) atoms. The van der Waals surface area contributed by atoms with Gasteiger partial charge in [0.1, 0.15) is 30.4 Å². The SMILES string of the molecule is CCCCCCCCCCCCCCCCCC(=O)N(CCCCCCCCCCCC)[C@@H]1O[C@H](CO)[C@@H](O)[C@H](O)[C@@H]1NC(=O)[C@H](CC(C)C)NC(=O)CCC(=O)O. The van der Waals surface area contributed by atoms with Crippen molar-refractivity contribution in [2.45, 2.75) is 251 Å². The first-order chi connectivity index (χ1) is 28.0. The second kappa shape index (κ2) is 34.4. The molecule has 6 atom stereocenters. The van der Waals surface area contributed by atoms with Crippen LogP contribution in [0.15, 0.2) is 0 Å². The van der Waals surface area contributed by atoms with E-state index in [1.165, 1.54) is 109 Å². The Hall–Kier alpha value is -2.28. The number of carboxylic acids is 1. The van der Waals surface area contributed by atoms with Crippen LogP contribution in [-0.2, 0) is 23.9 Å². The Morgan fingerprint density at radius 1 is 0.621 bits per heavy atom. The Morgan fingerprint density at radius 3 is 1.50 bits per heavy atom. The summed E-state index contributed by atoms with van der Waals surface area (Å²) in [5.74, 6) is -2.56. The lowest BCUT2D eigenvalue weighted by Crippen LogP contribution is -2.70. The molecule has 12 heteroatoms. The number of nitrogens with one attached hydrogen (secondary N) is 2. The third-order valence-corrected chi connectivity index (χ3v) is 11.5. The summed E-state index contributed by atoms with van der Waals surface area (Å²) in [6.07, 6.45) is 23.8. The monoisotopic (exact) mass is 826 g/mol. The summed E-state index contributed by atoms with van der Waals surface area (Å²) in [6.45, 7) is 7.96. The lowest BCUT2D eigenvalue weighted by atomic mass is 9.94. The van der Waals surface area contributed by atoms with Gasteiger partial charge in [0, 0.05) is 19.4 Å². The third kappa shape index (κ3) is 24.7. The van der Waals surface area contributed by atoms with E-state index in [0.29, 0.717) is 19.4 Å². The number of nitrogens with zero attached hydrogens (tertiary/aromatic N) is 1. The second-order valence-corrected chi connectivity index (χ2v) is 17.4. The number of hydrogen-bond donors (Lipinski definition) is 6. The minimum absolute atomic E-state index is 0.0208. The third-order valence-electron chi connectivity index (χ3n) is 11.5. The maximum absolute atomic E-state index is 14.1. The summed E-state index contributed by atoms with van der Waals surface area (Å²) >= 11 is 0. The molecule has 1 heterocycles. The van der Waals surface area contributed by atoms with Crippen molar-refractivity contribution < 1.29 is 44.3 Å². The summed E-state index contributed by atoms with van der Waals surface area (Å²) in [4.78, 5) is 53.1. The van der Waals surface area contributed by atoms with Gasteiger partial charge in [0.25, 0.3) is 0 Å². The normalized spacial score (nSPS) is 19.9. The first kappa shape index (κ1) is 53.7. The van der Waals surface area contributed by atoms with Crippen LogP contribution >= 0.6 is 0 Å². The van der Waals surface area contributed by atoms with Crippen LogP contribution in [-0.4, -0.2) is 98.8 Å². The lowest BCUT2D eigenvalue weighted by Gasteiger charge is -2.47. The smallest absolute Gasteiger partial charge is 0.303 e. The quantitative estimate of drug-likeness (QED) is 0.0335. The first-order valence-corrected chi connectivity index (χ1v) is 23.7. The van der Waals surface area contributed by atoms with Crippen molar-refractivity contribution in [3.05, 3.63) is 0 Å². The van der Waals surface area contributed by atoms with Crippen molar-refractivity contribution in [1.82, 2.24) is 15.5 Å². The zero-order valence-corrected chi connectivity index (χ0v) is 37.2. The highest BCUT2D eigenvalue weighted by Crippen LogP contribution is 2.26. The number of hydrogen-bond acceptors (Lipinski definition) is 8. The minimum Gasteiger partial charge on any atom is -0.481 e. The molecule has 0 saturated carbocycles. The summed E-state index contributed by atoms with van der Waals surface area (Å²) < 4.78 is 6.17. The first-order valence-electron chi connectivity index (χ1n) is 23.7. The predicted molar refractivity (Wildman–Crippen MR) is 231 cm³/mol. The van der Waals surface area contributed by atoms with Gasteiger partial charge in [-0.15, -0.1) is 0 Å². The summed E-state index contributed by atoms with van der Waals surface area (Å²) in [6, 6.07) is -2.29. The Morgan fingerprint density at radius 2 is 1.07 bits per heavy atom. The molecular formula is C46H87N3O9. The van der Waals surface area contributed by atoms with Crippen LogP contribution in [0.3, 0.4) is 0 Å². The highest BCUT2D eigenvalue weighted by molar-refractivity contribution is 5.89. The molecule has 0 aromatic heterocycles. The van der Waals surface area contributed by atoms with Crippen molar-refractivity contribution in [3.8, 4) is 0 Å². The predicted octanol–water partition coefficient (Wildman–Crippen LogP) is 8.32. The van der Waals surface area contributed by atoms with E-state index in [-0.39, 0.29) is 37.5 Å². The van der Waals surface area contributed by atoms with Crippen LogP contribution in [0.5, 0.6) is 0 Å².